The minimum atomic E-state index is 1.11. The number of rotatable bonds is 3. The van der Waals surface area contributed by atoms with Gasteiger partial charge in [0.25, 0.3) is 0 Å². The highest BCUT2D eigenvalue weighted by Gasteiger charge is 1.57. The van der Waals surface area contributed by atoms with E-state index in [9.17, 15) is 0 Å². The molecular formula is C5H6N4. The van der Waals surface area contributed by atoms with Crippen molar-refractivity contribution < 1.29 is 0 Å². The lowest BCUT2D eigenvalue weighted by Crippen LogP contribution is -1.55. The van der Waals surface area contributed by atoms with Crippen LogP contribution in [0.15, 0.2) is 35.0 Å². The summed E-state index contributed by atoms with van der Waals surface area (Å²) < 4.78 is 0. The van der Waals surface area contributed by atoms with Gasteiger partial charge in [-0.2, -0.15) is 0 Å². The molecule has 0 fully saturated rings. The minimum Gasteiger partial charge on any atom is -0.262 e. The van der Waals surface area contributed by atoms with E-state index in [0.29, 0.717) is 0 Å². The Labute approximate surface area is 52.8 Å². The van der Waals surface area contributed by atoms with Crippen molar-refractivity contribution in [2.24, 2.45) is 10.1 Å². The Balaban J connectivity index is 3.58. The normalized spacial score (nSPS) is 9.78. The molecule has 0 N–H and O–H groups in total. The van der Waals surface area contributed by atoms with E-state index in [1.54, 1.807) is 12.2 Å². The van der Waals surface area contributed by atoms with Gasteiger partial charge in [-0.15, -0.1) is 0 Å². The summed E-state index contributed by atoms with van der Waals surface area (Å²) in [6.45, 7) is 3.41. The average molecular weight is 122 g/mol. The Morgan fingerprint density at radius 2 is 2.33 bits per heavy atom. The molecule has 9 heavy (non-hydrogen) atoms. The fourth-order valence-electron chi connectivity index (χ4n) is 0.202. The highest BCUT2D eigenvalue weighted by atomic mass is 15.1. The monoisotopic (exact) mass is 122 g/mol. The van der Waals surface area contributed by atoms with Crippen LogP contribution in [0.25, 0.3) is 10.4 Å². The van der Waals surface area contributed by atoms with Crippen molar-refractivity contribution in [2.45, 2.75) is 0 Å². The molecular weight excluding hydrogens is 116 g/mol. The molecule has 0 spiro atoms. The van der Waals surface area contributed by atoms with Crippen LogP contribution in [0.1, 0.15) is 0 Å². The van der Waals surface area contributed by atoms with Gasteiger partial charge in [-0.3, -0.25) is 4.99 Å². The Morgan fingerprint density at radius 3 is 2.89 bits per heavy atom. The van der Waals surface area contributed by atoms with Crippen LogP contribution in [-0.4, -0.2) is 6.34 Å². The highest BCUT2D eigenvalue weighted by Crippen LogP contribution is 1.73. The Bertz CT molecular complexity index is 173. The molecule has 0 saturated heterocycles. The Hall–Kier alpha value is -1.54. The number of hydrogen-bond donors (Lipinski definition) is 0. The summed E-state index contributed by atoms with van der Waals surface area (Å²) in [5.74, 6) is 0. The van der Waals surface area contributed by atoms with Gasteiger partial charge in [0.15, 0.2) is 0 Å². The van der Waals surface area contributed by atoms with Gasteiger partial charge < -0.3 is 0 Å². The molecule has 0 saturated carbocycles. The second kappa shape index (κ2) is 6.46. The van der Waals surface area contributed by atoms with E-state index in [2.05, 4.69) is 21.6 Å². The van der Waals surface area contributed by atoms with E-state index in [4.69, 9.17) is 5.53 Å². The molecule has 0 radical (unpaired) electrons. The van der Waals surface area contributed by atoms with E-state index >= 15 is 0 Å². The quantitative estimate of drug-likeness (QED) is 0.137. The third-order valence-corrected chi connectivity index (χ3v) is 0.478. The molecule has 0 aromatic carbocycles. The van der Waals surface area contributed by atoms with Gasteiger partial charge >= 0.3 is 0 Å². The maximum Gasteiger partial charge on any atom is 0.0900 e. The van der Waals surface area contributed by atoms with Crippen LogP contribution in [-0.2, 0) is 0 Å². The van der Waals surface area contributed by atoms with Crippen molar-refractivity contribution in [3.05, 3.63) is 35.4 Å². The molecule has 0 atom stereocenters. The summed E-state index contributed by atoms with van der Waals surface area (Å²) in [4.78, 5) is 6.00. The predicted octanol–water partition coefficient (Wildman–Crippen LogP) is 2.02. The summed E-state index contributed by atoms with van der Waals surface area (Å²) in [6, 6.07) is 0. The molecule has 0 rings (SSSR count). The minimum absolute atomic E-state index is 1.11. The lowest BCUT2D eigenvalue weighted by atomic mass is 10.6. The van der Waals surface area contributed by atoms with Crippen molar-refractivity contribution in [1.82, 2.24) is 0 Å². The zero-order chi connectivity index (χ0) is 6.95. The van der Waals surface area contributed by atoms with Gasteiger partial charge in [0.2, 0.25) is 0 Å². The van der Waals surface area contributed by atoms with Gasteiger partial charge in [-0.05, 0) is 16.7 Å². The van der Waals surface area contributed by atoms with Crippen molar-refractivity contribution in [2.75, 3.05) is 0 Å². The van der Waals surface area contributed by atoms with Crippen molar-refractivity contribution in [3.8, 4) is 0 Å². The van der Waals surface area contributed by atoms with Gasteiger partial charge in [-0.25, -0.2) is 0 Å². The Morgan fingerprint density at radius 1 is 1.56 bits per heavy atom. The first kappa shape index (κ1) is 7.46. The maximum atomic E-state index is 7.75. The third kappa shape index (κ3) is 6.46. The predicted molar refractivity (Wildman–Crippen MR) is 37.0 cm³/mol. The molecule has 0 bridgehead atoms. The largest absolute Gasteiger partial charge is 0.262 e. The highest BCUT2D eigenvalue weighted by molar-refractivity contribution is 5.55. The van der Waals surface area contributed by atoms with Gasteiger partial charge in [-0.1, -0.05) is 12.7 Å². The molecule has 0 aliphatic carbocycles. The summed E-state index contributed by atoms with van der Waals surface area (Å²) in [5, 5.41) is 3.05. The summed E-state index contributed by atoms with van der Waals surface area (Å²) in [7, 11) is 0. The van der Waals surface area contributed by atoms with E-state index in [1.165, 1.54) is 6.20 Å². The SMILES string of the molecule is C=C/C=C\N=CN=[N+]=[N-]. The molecule has 4 heteroatoms. The summed E-state index contributed by atoms with van der Waals surface area (Å²) >= 11 is 0. The number of hydrogen-bond acceptors (Lipinski definition) is 1. The van der Waals surface area contributed by atoms with Crippen LogP contribution in [0.4, 0.5) is 0 Å². The molecule has 0 aromatic rings. The Kier molecular flexibility index (Phi) is 5.35. The smallest absolute Gasteiger partial charge is 0.0900 e. The maximum absolute atomic E-state index is 7.75. The van der Waals surface area contributed by atoms with Crippen molar-refractivity contribution in [3.63, 3.8) is 0 Å². The zero-order valence-corrected chi connectivity index (χ0v) is 4.81. The van der Waals surface area contributed by atoms with Crippen LogP contribution in [0.5, 0.6) is 0 Å². The average Bonchev–Trinajstić information content (AvgIpc) is 1.89. The molecule has 4 nitrogen and oxygen atoms in total. The van der Waals surface area contributed by atoms with Gasteiger partial charge in [0.1, 0.15) is 0 Å². The van der Waals surface area contributed by atoms with E-state index in [0.717, 1.165) is 6.34 Å². The van der Waals surface area contributed by atoms with E-state index in [-0.39, 0.29) is 0 Å². The molecule has 0 aliphatic heterocycles. The fourth-order valence-corrected chi connectivity index (χ4v) is 0.202. The van der Waals surface area contributed by atoms with E-state index in [1.807, 2.05) is 0 Å². The molecule has 0 aromatic heterocycles. The first-order valence-electron chi connectivity index (χ1n) is 2.25. The number of allylic oxidation sites excluding steroid dienone is 2. The van der Waals surface area contributed by atoms with Crippen molar-refractivity contribution >= 4 is 6.34 Å². The van der Waals surface area contributed by atoms with Crippen LogP contribution < -0.4 is 0 Å². The third-order valence-electron chi connectivity index (χ3n) is 0.478. The van der Waals surface area contributed by atoms with Crippen LogP contribution >= 0.6 is 0 Å². The molecule has 0 aliphatic rings. The van der Waals surface area contributed by atoms with Crippen LogP contribution in [0.2, 0.25) is 0 Å². The zero-order valence-electron chi connectivity index (χ0n) is 4.81. The van der Waals surface area contributed by atoms with Crippen LogP contribution in [0, 0.1) is 0 Å². The first-order chi connectivity index (χ1) is 4.41. The lowest BCUT2D eigenvalue weighted by molar-refractivity contribution is 1.53. The number of aliphatic imine (C=N–C) groups is 1. The molecule has 0 heterocycles. The molecule has 0 unspecified atom stereocenters. The standard InChI is InChI=1S/C5H6N4/c1-2-3-4-7-5-8-9-6/h2-5H,1H2/b4-3-,7-5?. The van der Waals surface area contributed by atoms with Crippen molar-refractivity contribution in [1.29, 1.82) is 0 Å². The lowest BCUT2D eigenvalue weighted by Gasteiger charge is -1.67. The second-order valence-corrected chi connectivity index (χ2v) is 1.05. The molecule has 0 amide bonds. The fraction of sp³-hybridized carbons (Fsp3) is 0. The van der Waals surface area contributed by atoms with Gasteiger partial charge in [0.05, 0.1) is 6.34 Å². The van der Waals surface area contributed by atoms with E-state index < -0.39 is 0 Å². The van der Waals surface area contributed by atoms with Crippen LogP contribution in [0.3, 0.4) is 0 Å². The summed E-state index contributed by atoms with van der Waals surface area (Å²) in [6.07, 6.45) is 5.79. The summed E-state index contributed by atoms with van der Waals surface area (Å²) in [5.41, 5.74) is 7.75. The number of nitrogens with zero attached hydrogens (tertiary/aromatic N) is 4. The molecule has 46 valence electrons. The number of azide groups is 1. The van der Waals surface area contributed by atoms with Gasteiger partial charge in [0, 0.05) is 11.1 Å². The first-order valence-corrected chi connectivity index (χ1v) is 2.25. The second-order valence-electron chi connectivity index (χ2n) is 1.05. The topological polar surface area (TPSA) is 61.1 Å².